The minimum atomic E-state index is 1.10. The third-order valence-electron chi connectivity index (χ3n) is 3.76. The number of fused-ring (bicyclic) bond motifs is 1. The first-order valence-electron chi connectivity index (χ1n) is 6.76. The molecular formula is C14H21N3. The maximum atomic E-state index is 3.56. The van der Waals surface area contributed by atoms with Gasteiger partial charge in [0, 0.05) is 44.1 Å². The van der Waals surface area contributed by atoms with E-state index in [0.717, 1.165) is 32.7 Å². The van der Waals surface area contributed by atoms with Crippen molar-refractivity contribution in [2.24, 2.45) is 0 Å². The van der Waals surface area contributed by atoms with E-state index >= 15 is 0 Å². The van der Waals surface area contributed by atoms with Crippen molar-refractivity contribution in [3.63, 3.8) is 0 Å². The molecule has 0 bridgehead atoms. The van der Waals surface area contributed by atoms with E-state index in [9.17, 15) is 0 Å². The Morgan fingerprint density at radius 3 is 2.76 bits per heavy atom. The molecule has 1 saturated heterocycles. The van der Waals surface area contributed by atoms with Gasteiger partial charge in [0.1, 0.15) is 0 Å². The van der Waals surface area contributed by atoms with Crippen LogP contribution in [0.25, 0.3) is 0 Å². The summed E-state index contributed by atoms with van der Waals surface area (Å²) in [7, 11) is 0. The van der Waals surface area contributed by atoms with Crippen molar-refractivity contribution >= 4 is 11.4 Å². The number of nitrogens with zero attached hydrogens (tertiary/aromatic N) is 1. The molecule has 3 nitrogen and oxygen atoms in total. The van der Waals surface area contributed by atoms with Gasteiger partial charge >= 0.3 is 0 Å². The van der Waals surface area contributed by atoms with Crippen molar-refractivity contribution in [1.29, 1.82) is 0 Å². The molecule has 2 aliphatic heterocycles. The molecule has 0 saturated carbocycles. The molecule has 0 aliphatic carbocycles. The lowest BCUT2D eigenvalue weighted by atomic mass is 10.1. The van der Waals surface area contributed by atoms with Gasteiger partial charge in [-0.2, -0.15) is 0 Å². The third kappa shape index (κ3) is 2.39. The van der Waals surface area contributed by atoms with Gasteiger partial charge in [0.05, 0.1) is 0 Å². The Labute approximate surface area is 103 Å². The van der Waals surface area contributed by atoms with Crippen LogP contribution in [0.3, 0.4) is 0 Å². The topological polar surface area (TPSA) is 27.3 Å². The highest BCUT2D eigenvalue weighted by Gasteiger charge is 2.13. The highest BCUT2D eigenvalue weighted by atomic mass is 15.2. The van der Waals surface area contributed by atoms with E-state index in [1.807, 2.05) is 0 Å². The first-order valence-corrected chi connectivity index (χ1v) is 6.76. The minimum Gasteiger partial charge on any atom is -0.385 e. The Bertz CT molecular complexity index is 383. The third-order valence-corrected chi connectivity index (χ3v) is 3.76. The zero-order valence-corrected chi connectivity index (χ0v) is 10.3. The zero-order chi connectivity index (χ0) is 11.5. The monoisotopic (exact) mass is 231 g/mol. The van der Waals surface area contributed by atoms with Crippen LogP contribution in [0.4, 0.5) is 11.4 Å². The lowest BCUT2D eigenvalue weighted by Gasteiger charge is -2.30. The van der Waals surface area contributed by atoms with Crippen LogP contribution in [0.5, 0.6) is 0 Å². The van der Waals surface area contributed by atoms with Crippen LogP contribution in [-0.4, -0.2) is 32.7 Å². The molecule has 0 unspecified atom stereocenters. The number of rotatable bonds is 1. The number of hydrogen-bond acceptors (Lipinski definition) is 3. The van der Waals surface area contributed by atoms with Gasteiger partial charge < -0.3 is 15.5 Å². The second kappa shape index (κ2) is 4.96. The summed E-state index contributed by atoms with van der Waals surface area (Å²) >= 11 is 0. The summed E-state index contributed by atoms with van der Waals surface area (Å²) in [5.74, 6) is 0. The van der Waals surface area contributed by atoms with E-state index in [1.165, 1.54) is 36.2 Å². The minimum absolute atomic E-state index is 1.10. The lowest BCUT2D eigenvalue weighted by Crippen LogP contribution is -2.43. The van der Waals surface area contributed by atoms with Crippen molar-refractivity contribution in [3.8, 4) is 0 Å². The first kappa shape index (κ1) is 10.9. The Balaban J connectivity index is 1.83. The van der Waals surface area contributed by atoms with E-state index in [1.54, 1.807) is 0 Å². The summed E-state index contributed by atoms with van der Waals surface area (Å²) in [6.45, 7) is 5.57. The normalized spacial score (nSPS) is 20.4. The maximum Gasteiger partial charge on any atom is 0.0393 e. The summed E-state index contributed by atoms with van der Waals surface area (Å²) in [6.07, 6.45) is 3.83. The fourth-order valence-electron chi connectivity index (χ4n) is 2.73. The number of piperazine rings is 1. The standard InChI is InChI=1S/C14H21N3/c1-2-6-16-14-11-13(5-4-12(14)3-1)17-9-7-15-8-10-17/h4-5,11,15-16H,1-3,6-10H2. The molecule has 3 rings (SSSR count). The molecule has 1 aromatic carbocycles. The first-order chi connectivity index (χ1) is 8.43. The maximum absolute atomic E-state index is 3.56. The SMILES string of the molecule is c1cc2c(cc1N1CCNCC1)NCCCC2. The lowest BCUT2D eigenvalue weighted by molar-refractivity contribution is 0.589. The van der Waals surface area contributed by atoms with Gasteiger partial charge in [0.25, 0.3) is 0 Å². The van der Waals surface area contributed by atoms with Gasteiger partial charge in [-0.15, -0.1) is 0 Å². The Morgan fingerprint density at radius 1 is 1.00 bits per heavy atom. The number of anilines is 2. The molecule has 1 aromatic rings. The molecule has 3 heteroatoms. The fourth-order valence-corrected chi connectivity index (χ4v) is 2.73. The van der Waals surface area contributed by atoms with Gasteiger partial charge in [-0.05, 0) is 37.0 Å². The average molecular weight is 231 g/mol. The molecule has 0 atom stereocenters. The summed E-state index contributed by atoms with van der Waals surface area (Å²) in [6, 6.07) is 6.94. The van der Waals surface area contributed by atoms with Crippen LogP contribution in [0, 0.1) is 0 Å². The van der Waals surface area contributed by atoms with Gasteiger partial charge in [-0.25, -0.2) is 0 Å². The quantitative estimate of drug-likeness (QED) is 0.772. The van der Waals surface area contributed by atoms with Gasteiger partial charge in [0.2, 0.25) is 0 Å². The van der Waals surface area contributed by atoms with E-state index in [-0.39, 0.29) is 0 Å². The highest BCUT2D eigenvalue weighted by Crippen LogP contribution is 2.27. The summed E-state index contributed by atoms with van der Waals surface area (Å²) < 4.78 is 0. The van der Waals surface area contributed by atoms with E-state index in [2.05, 4.69) is 33.7 Å². The molecule has 0 amide bonds. The van der Waals surface area contributed by atoms with E-state index in [0.29, 0.717) is 0 Å². The Kier molecular flexibility index (Phi) is 3.18. The summed E-state index contributed by atoms with van der Waals surface area (Å²) in [4.78, 5) is 2.48. The second-order valence-corrected chi connectivity index (χ2v) is 4.96. The van der Waals surface area contributed by atoms with Crippen molar-refractivity contribution in [1.82, 2.24) is 5.32 Å². The number of hydrogen-bond donors (Lipinski definition) is 2. The van der Waals surface area contributed by atoms with Crippen molar-refractivity contribution < 1.29 is 0 Å². The molecule has 17 heavy (non-hydrogen) atoms. The molecule has 2 N–H and O–H groups in total. The van der Waals surface area contributed by atoms with Gasteiger partial charge in [0.15, 0.2) is 0 Å². The molecule has 2 heterocycles. The Morgan fingerprint density at radius 2 is 1.88 bits per heavy atom. The highest BCUT2D eigenvalue weighted by molar-refractivity contribution is 5.63. The average Bonchev–Trinajstić information content (AvgIpc) is 2.64. The smallest absolute Gasteiger partial charge is 0.0393 e. The molecule has 92 valence electrons. The van der Waals surface area contributed by atoms with Gasteiger partial charge in [-0.3, -0.25) is 0 Å². The van der Waals surface area contributed by atoms with E-state index < -0.39 is 0 Å². The molecule has 0 spiro atoms. The number of nitrogens with one attached hydrogen (secondary N) is 2. The predicted molar refractivity (Wildman–Crippen MR) is 73.0 cm³/mol. The molecular weight excluding hydrogens is 210 g/mol. The molecule has 2 aliphatic rings. The largest absolute Gasteiger partial charge is 0.385 e. The Hall–Kier alpha value is -1.22. The van der Waals surface area contributed by atoms with Crippen LogP contribution >= 0.6 is 0 Å². The van der Waals surface area contributed by atoms with Crippen molar-refractivity contribution in [3.05, 3.63) is 23.8 Å². The predicted octanol–water partition coefficient (Wildman–Crippen LogP) is 1.84. The number of benzene rings is 1. The number of aryl methyl sites for hydroxylation is 1. The van der Waals surface area contributed by atoms with Gasteiger partial charge in [-0.1, -0.05) is 6.07 Å². The zero-order valence-electron chi connectivity index (χ0n) is 10.3. The summed E-state index contributed by atoms with van der Waals surface area (Å²) in [5, 5.41) is 6.96. The molecule has 0 radical (unpaired) electrons. The second-order valence-electron chi connectivity index (χ2n) is 4.96. The van der Waals surface area contributed by atoms with E-state index in [4.69, 9.17) is 0 Å². The van der Waals surface area contributed by atoms with Crippen LogP contribution in [0.2, 0.25) is 0 Å². The van der Waals surface area contributed by atoms with Crippen molar-refractivity contribution in [2.75, 3.05) is 42.9 Å². The fraction of sp³-hybridized carbons (Fsp3) is 0.571. The van der Waals surface area contributed by atoms with Crippen LogP contribution in [0.1, 0.15) is 18.4 Å². The summed E-state index contributed by atoms with van der Waals surface area (Å²) in [5.41, 5.74) is 4.22. The molecule has 0 aromatic heterocycles. The van der Waals surface area contributed by atoms with Crippen molar-refractivity contribution in [2.45, 2.75) is 19.3 Å². The molecule has 1 fully saturated rings. The van der Waals surface area contributed by atoms with Crippen LogP contribution in [-0.2, 0) is 6.42 Å². The van der Waals surface area contributed by atoms with Crippen LogP contribution in [0.15, 0.2) is 18.2 Å². The van der Waals surface area contributed by atoms with Crippen LogP contribution < -0.4 is 15.5 Å².